The molecule has 6 nitrogen and oxygen atoms in total. The number of nitrogens with two attached hydrogens (primary N) is 1. The van der Waals surface area contributed by atoms with E-state index in [-0.39, 0.29) is 17.9 Å². The van der Waals surface area contributed by atoms with Crippen molar-refractivity contribution >= 4 is 11.9 Å². The third kappa shape index (κ3) is 7.24. The van der Waals surface area contributed by atoms with Crippen molar-refractivity contribution in [3.05, 3.63) is 0 Å². The second kappa shape index (κ2) is 8.05. The third-order valence-corrected chi connectivity index (χ3v) is 2.89. The molecule has 4 N–H and O–H groups in total. The zero-order chi connectivity index (χ0) is 14.2. The molecule has 1 amide bonds. The molecule has 0 spiro atoms. The molecule has 18 heavy (non-hydrogen) atoms. The first-order chi connectivity index (χ1) is 8.32. The van der Waals surface area contributed by atoms with E-state index in [2.05, 4.69) is 19.2 Å². The molecule has 0 aliphatic carbocycles. The van der Waals surface area contributed by atoms with E-state index in [9.17, 15) is 9.59 Å². The van der Waals surface area contributed by atoms with Crippen LogP contribution in [0.25, 0.3) is 0 Å². The van der Waals surface area contributed by atoms with E-state index < -0.39 is 12.1 Å². The van der Waals surface area contributed by atoms with Crippen LogP contribution in [0.4, 0.5) is 0 Å². The van der Waals surface area contributed by atoms with Crippen molar-refractivity contribution in [2.24, 2.45) is 11.1 Å². The molecular weight excluding hydrogens is 236 g/mol. The molecule has 0 aromatic heterocycles. The highest BCUT2D eigenvalue weighted by molar-refractivity contribution is 5.78. The number of rotatable bonds is 9. The number of methoxy groups -OCH3 is 1. The molecule has 0 radical (unpaired) electrons. The van der Waals surface area contributed by atoms with Gasteiger partial charge in [-0.1, -0.05) is 13.8 Å². The normalized spacial score (nSPS) is 13.1. The standard InChI is InChI=1S/C12H24N2O4/c1-12(2,6-7-13)5-4-10(15)14-8-9(18-3)11(16)17/h9H,4-8,13H2,1-3H3,(H,14,15)(H,16,17). The summed E-state index contributed by atoms with van der Waals surface area (Å²) in [5, 5.41) is 11.3. The Morgan fingerprint density at radius 3 is 2.44 bits per heavy atom. The molecule has 0 heterocycles. The van der Waals surface area contributed by atoms with Crippen molar-refractivity contribution in [3.8, 4) is 0 Å². The number of hydrogen-bond acceptors (Lipinski definition) is 4. The van der Waals surface area contributed by atoms with Gasteiger partial charge in [-0.05, 0) is 24.8 Å². The predicted octanol–water partition coefficient (Wildman–Crippen LogP) is 0.357. The van der Waals surface area contributed by atoms with Gasteiger partial charge in [-0.3, -0.25) is 4.79 Å². The van der Waals surface area contributed by atoms with Crippen molar-refractivity contribution < 1.29 is 19.4 Å². The lowest BCUT2D eigenvalue weighted by atomic mass is 9.84. The minimum Gasteiger partial charge on any atom is -0.479 e. The Morgan fingerprint density at radius 2 is 2.00 bits per heavy atom. The summed E-state index contributed by atoms with van der Waals surface area (Å²) < 4.78 is 4.72. The van der Waals surface area contributed by atoms with E-state index in [4.69, 9.17) is 15.6 Å². The Hall–Kier alpha value is -1.14. The van der Waals surface area contributed by atoms with Crippen molar-refractivity contribution in [1.29, 1.82) is 0 Å². The van der Waals surface area contributed by atoms with Gasteiger partial charge in [0.1, 0.15) is 0 Å². The maximum Gasteiger partial charge on any atom is 0.334 e. The molecule has 0 aromatic rings. The van der Waals surface area contributed by atoms with Gasteiger partial charge in [-0.2, -0.15) is 0 Å². The zero-order valence-electron chi connectivity index (χ0n) is 11.4. The van der Waals surface area contributed by atoms with Crippen LogP contribution < -0.4 is 11.1 Å². The fourth-order valence-corrected chi connectivity index (χ4v) is 1.53. The SMILES string of the molecule is COC(CNC(=O)CCC(C)(C)CCN)C(=O)O. The molecule has 1 atom stereocenters. The zero-order valence-corrected chi connectivity index (χ0v) is 11.4. The molecule has 0 aliphatic heterocycles. The maximum absolute atomic E-state index is 11.5. The van der Waals surface area contributed by atoms with Gasteiger partial charge in [-0.15, -0.1) is 0 Å². The van der Waals surface area contributed by atoms with Gasteiger partial charge in [-0.25, -0.2) is 4.79 Å². The lowest BCUT2D eigenvalue weighted by Crippen LogP contribution is -2.38. The van der Waals surface area contributed by atoms with Crippen LogP contribution in [0.1, 0.15) is 33.1 Å². The fourth-order valence-electron chi connectivity index (χ4n) is 1.53. The Labute approximate surface area is 108 Å². The smallest absolute Gasteiger partial charge is 0.334 e. The summed E-state index contributed by atoms with van der Waals surface area (Å²) in [6, 6.07) is 0. The summed E-state index contributed by atoms with van der Waals surface area (Å²) in [5.41, 5.74) is 5.52. The minimum absolute atomic E-state index is 0.0119. The van der Waals surface area contributed by atoms with Crippen molar-refractivity contribution in [3.63, 3.8) is 0 Å². The van der Waals surface area contributed by atoms with E-state index in [0.29, 0.717) is 13.0 Å². The Kier molecular flexibility index (Phi) is 7.54. The summed E-state index contributed by atoms with van der Waals surface area (Å²) in [6.07, 6.45) is 0.950. The van der Waals surface area contributed by atoms with Crippen LogP contribution in [-0.2, 0) is 14.3 Å². The van der Waals surface area contributed by atoms with Gasteiger partial charge in [0.15, 0.2) is 6.10 Å². The summed E-state index contributed by atoms with van der Waals surface area (Å²) >= 11 is 0. The largest absolute Gasteiger partial charge is 0.479 e. The molecule has 0 fully saturated rings. The number of hydrogen-bond donors (Lipinski definition) is 3. The Morgan fingerprint density at radius 1 is 1.39 bits per heavy atom. The van der Waals surface area contributed by atoms with Gasteiger partial charge in [0, 0.05) is 13.5 Å². The molecule has 0 bridgehead atoms. The van der Waals surface area contributed by atoms with Crippen molar-refractivity contribution in [1.82, 2.24) is 5.32 Å². The number of carboxylic acids is 1. The first kappa shape index (κ1) is 16.9. The van der Waals surface area contributed by atoms with Gasteiger partial charge < -0.3 is 20.9 Å². The first-order valence-corrected chi connectivity index (χ1v) is 6.05. The van der Waals surface area contributed by atoms with E-state index in [1.54, 1.807) is 0 Å². The minimum atomic E-state index is -1.08. The van der Waals surface area contributed by atoms with Crippen LogP contribution in [0.5, 0.6) is 0 Å². The number of nitrogens with one attached hydrogen (secondary N) is 1. The topological polar surface area (TPSA) is 102 Å². The van der Waals surface area contributed by atoms with Gasteiger partial charge in [0.05, 0.1) is 6.54 Å². The average Bonchev–Trinajstić information content (AvgIpc) is 2.27. The number of aliphatic carboxylic acids is 1. The molecule has 0 saturated carbocycles. The average molecular weight is 260 g/mol. The van der Waals surface area contributed by atoms with Crippen LogP contribution >= 0.6 is 0 Å². The van der Waals surface area contributed by atoms with Crippen LogP contribution in [0.2, 0.25) is 0 Å². The molecule has 0 saturated heterocycles. The van der Waals surface area contributed by atoms with E-state index in [1.165, 1.54) is 7.11 Å². The van der Waals surface area contributed by atoms with Gasteiger partial charge >= 0.3 is 5.97 Å². The second-order valence-corrected chi connectivity index (χ2v) is 5.07. The molecule has 1 unspecified atom stereocenters. The molecule has 0 aliphatic rings. The lowest BCUT2D eigenvalue weighted by Gasteiger charge is -2.23. The van der Waals surface area contributed by atoms with E-state index >= 15 is 0 Å². The number of carbonyl (C=O) groups is 2. The number of carbonyl (C=O) groups excluding carboxylic acids is 1. The Balaban J connectivity index is 3.95. The molecule has 0 rings (SSSR count). The highest BCUT2D eigenvalue weighted by atomic mass is 16.5. The number of carboxylic acid groups (broad SMARTS) is 1. The van der Waals surface area contributed by atoms with Crippen LogP contribution in [-0.4, -0.2) is 43.3 Å². The highest BCUT2D eigenvalue weighted by Gasteiger charge is 2.20. The molecule has 6 heteroatoms. The summed E-state index contributed by atoms with van der Waals surface area (Å²) in [5.74, 6) is -1.25. The molecule has 106 valence electrons. The van der Waals surface area contributed by atoms with Crippen LogP contribution in [0.3, 0.4) is 0 Å². The van der Waals surface area contributed by atoms with E-state index in [0.717, 1.165) is 12.8 Å². The third-order valence-electron chi connectivity index (χ3n) is 2.89. The maximum atomic E-state index is 11.5. The molecular formula is C12H24N2O4. The Bertz CT molecular complexity index is 279. The van der Waals surface area contributed by atoms with Crippen molar-refractivity contribution in [2.45, 2.75) is 39.2 Å². The summed E-state index contributed by atoms with van der Waals surface area (Å²) in [6.45, 7) is 4.70. The summed E-state index contributed by atoms with van der Waals surface area (Å²) in [7, 11) is 1.30. The van der Waals surface area contributed by atoms with Crippen molar-refractivity contribution in [2.75, 3.05) is 20.2 Å². The fraction of sp³-hybridized carbons (Fsp3) is 0.833. The first-order valence-electron chi connectivity index (χ1n) is 6.05. The van der Waals surface area contributed by atoms with Gasteiger partial charge in [0.25, 0.3) is 0 Å². The highest BCUT2D eigenvalue weighted by Crippen LogP contribution is 2.25. The monoisotopic (exact) mass is 260 g/mol. The number of ether oxygens (including phenoxy) is 1. The quantitative estimate of drug-likeness (QED) is 0.555. The molecule has 0 aromatic carbocycles. The summed E-state index contributed by atoms with van der Waals surface area (Å²) in [4.78, 5) is 22.2. The van der Waals surface area contributed by atoms with E-state index in [1.807, 2.05) is 0 Å². The van der Waals surface area contributed by atoms with Gasteiger partial charge in [0.2, 0.25) is 5.91 Å². The predicted molar refractivity (Wildman–Crippen MR) is 68.1 cm³/mol. The second-order valence-electron chi connectivity index (χ2n) is 5.07. The van der Waals surface area contributed by atoms with Crippen LogP contribution in [0.15, 0.2) is 0 Å². The number of amides is 1. The van der Waals surface area contributed by atoms with Crippen LogP contribution in [0, 0.1) is 5.41 Å². The lowest BCUT2D eigenvalue weighted by molar-refractivity contribution is -0.148.